The standard InChI is InChI=1S/C13H26N2OS/c1-3-4-5-6-11(2)15-13(16)10-17-9-12-7-14-8-12/h11-12,14H,3-10H2,1-2H3,(H,15,16). The van der Waals surface area contributed by atoms with Crippen molar-refractivity contribution in [1.29, 1.82) is 0 Å². The molecule has 1 amide bonds. The van der Waals surface area contributed by atoms with E-state index in [2.05, 4.69) is 24.5 Å². The fourth-order valence-electron chi connectivity index (χ4n) is 1.87. The van der Waals surface area contributed by atoms with Crippen molar-refractivity contribution < 1.29 is 4.79 Å². The number of nitrogens with one attached hydrogen (secondary N) is 2. The Hall–Kier alpha value is -0.220. The highest BCUT2D eigenvalue weighted by Crippen LogP contribution is 2.12. The number of thioether (sulfide) groups is 1. The summed E-state index contributed by atoms with van der Waals surface area (Å²) < 4.78 is 0. The largest absolute Gasteiger partial charge is 0.353 e. The third-order valence-corrected chi connectivity index (χ3v) is 4.27. The summed E-state index contributed by atoms with van der Waals surface area (Å²) in [5.41, 5.74) is 0. The van der Waals surface area contributed by atoms with Crippen LogP contribution in [0.5, 0.6) is 0 Å². The molecule has 0 aliphatic carbocycles. The number of carbonyl (C=O) groups is 1. The molecule has 0 aromatic carbocycles. The third kappa shape index (κ3) is 6.94. The monoisotopic (exact) mass is 258 g/mol. The maximum absolute atomic E-state index is 11.6. The van der Waals surface area contributed by atoms with E-state index >= 15 is 0 Å². The Kier molecular flexibility index (Phi) is 7.69. The van der Waals surface area contributed by atoms with Gasteiger partial charge >= 0.3 is 0 Å². The third-order valence-electron chi connectivity index (χ3n) is 3.10. The number of hydrogen-bond acceptors (Lipinski definition) is 3. The number of rotatable bonds is 9. The maximum atomic E-state index is 11.6. The van der Waals surface area contributed by atoms with Crippen LogP contribution < -0.4 is 10.6 Å². The Labute approximate surface area is 109 Å². The molecule has 0 spiro atoms. The van der Waals surface area contributed by atoms with E-state index in [0.717, 1.165) is 31.2 Å². The van der Waals surface area contributed by atoms with E-state index in [1.165, 1.54) is 19.3 Å². The fourth-order valence-corrected chi connectivity index (χ4v) is 2.83. The topological polar surface area (TPSA) is 41.1 Å². The Morgan fingerprint density at radius 3 is 2.82 bits per heavy atom. The van der Waals surface area contributed by atoms with Crippen LogP contribution >= 0.6 is 11.8 Å². The number of amides is 1. The molecule has 3 nitrogen and oxygen atoms in total. The van der Waals surface area contributed by atoms with Gasteiger partial charge in [-0.3, -0.25) is 4.79 Å². The molecule has 1 rings (SSSR count). The summed E-state index contributed by atoms with van der Waals surface area (Å²) in [7, 11) is 0. The first-order valence-electron chi connectivity index (χ1n) is 6.80. The molecule has 0 aromatic rings. The molecule has 4 heteroatoms. The molecule has 1 heterocycles. The van der Waals surface area contributed by atoms with E-state index in [-0.39, 0.29) is 5.91 Å². The van der Waals surface area contributed by atoms with Gasteiger partial charge in [0.1, 0.15) is 0 Å². The molecular formula is C13H26N2OS. The Balaban J connectivity index is 1.94. The van der Waals surface area contributed by atoms with Gasteiger partial charge in [-0.15, -0.1) is 0 Å². The summed E-state index contributed by atoms with van der Waals surface area (Å²) >= 11 is 1.76. The van der Waals surface area contributed by atoms with Crippen molar-refractivity contribution in [3.05, 3.63) is 0 Å². The van der Waals surface area contributed by atoms with Crippen LogP contribution in [-0.2, 0) is 4.79 Å². The molecule has 0 radical (unpaired) electrons. The molecule has 1 fully saturated rings. The van der Waals surface area contributed by atoms with Gasteiger partial charge in [0, 0.05) is 6.04 Å². The zero-order valence-electron chi connectivity index (χ0n) is 11.1. The Morgan fingerprint density at radius 2 is 2.24 bits per heavy atom. The van der Waals surface area contributed by atoms with Gasteiger partial charge < -0.3 is 10.6 Å². The van der Waals surface area contributed by atoms with Gasteiger partial charge in [0.05, 0.1) is 5.75 Å². The first-order chi connectivity index (χ1) is 8.22. The number of hydrogen-bond donors (Lipinski definition) is 2. The van der Waals surface area contributed by atoms with Crippen molar-refractivity contribution in [2.24, 2.45) is 5.92 Å². The van der Waals surface area contributed by atoms with Crippen LogP contribution in [0.15, 0.2) is 0 Å². The lowest BCUT2D eigenvalue weighted by molar-refractivity contribution is -0.119. The molecule has 17 heavy (non-hydrogen) atoms. The molecule has 1 unspecified atom stereocenters. The first-order valence-corrected chi connectivity index (χ1v) is 7.95. The molecule has 0 bridgehead atoms. The molecule has 1 saturated heterocycles. The summed E-state index contributed by atoms with van der Waals surface area (Å²) in [5, 5.41) is 6.32. The highest BCUT2D eigenvalue weighted by Gasteiger charge is 2.16. The van der Waals surface area contributed by atoms with Crippen molar-refractivity contribution >= 4 is 17.7 Å². The minimum absolute atomic E-state index is 0.200. The number of carbonyl (C=O) groups excluding carboxylic acids is 1. The van der Waals surface area contributed by atoms with Crippen molar-refractivity contribution in [3.63, 3.8) is 0 Å². The zero-order valence-corrected chi connectivity index (χ0v) is 11.9. The van der Waals surface area contributed by atoms with Crippen molar-refractivity contribution in [2.75, 3.05) is 24.6 Å². The fraction of sp³-hybridized carbons (Fsp3) is 0.923. The second kappa shape index (κ2) is 8.81. The van der Waals surface area contributed by atoms with Gasteiger partial charge in [0.15, 0.2) is 0 Å². The zero-order chi connectivity index (χ0) is 12.5. The molecule has 1 aliphatic rings. The molecule has 1 atom stereocenters. The van der Waals surface area contributed by atoms with Crippen LogP contribution in [-0.4, -0.2) is 36.5 Å². The van der Waals surface area contributed by atoms with Gasteiger partial charge in [-0.1, -0.05) is 26.2 Å². The van der Waals surface area contributed by atoms with E-state index in [9.17, 15) is 4.79 Å². The maximum Gasteiger partial charge on any atom is 0.230 e. The molecule has 2 N–H and O–H groups in total. The molecule has 0 saturated carbocycles. The summed E-state index contributed by atoms with van der Waals surface area (Å²) in [5.74, 6) is 2.72. The van der Waals surface area contributed by atoms with Crippen LogP contribution in [0.1, 0.15) is 39.5 Å². The Morgan fingerprint density at radius 1 is 1.47 bits per heavy atom. The molecule has 0 aromatic heterocycles. The summed E-state index contributed by atoms with van der Waals surface area (Å²) in [6.45, 7) is 6.56. The predicted molar refractivity (Wildman–Crippen MR) is 75.4 cm³/mol. The minimum Gasteiger partial charge on any atom is -0.353 e. The lowest BCUT2D eigenvalue weighted by Crippen LogP contribution is -2.43. The van der Waals surface area contributed by atoms with E-state index in [1.54, 1.807) is 11.8 Å². The van der Waals surface area contributed by atoms with Crippen molar-refractivity contribution in [1.82, 2.24) is 10.6 Å². The molecule has 100 valence electrons. The van der Waals surface area contributed by atoms with E-state index < -0.39 is 0 Å². The van der Waals surface area contributed by atoms with Crippen LogP contribution in [0.4, 0.5) is 0 Å². The first kappa shape index (κ1) is 14.8. The molecule has 1 aliphatic heterocycles. The normalized spacial score (nSPS) is 17.5. The van der Waals surface area contributed by atoms with Crippen molar-refractivity contribution in [3.8, 4) is 0 Å². The van der Waals surface area contributed by atoms with Gasteiger partial charge in [0.2, 0.25) is 5.91 Å². The average Bonchev–Trinajstić information content (AvgIpc) is 2.22. The number of unbranched alkanes of at least 4 members (excludes halogenated alkanes) is 2. The van der Waals surface area contributed by atoms with Crippen LogP contribution in [0.3, 0.4) is 0 Å². The van der Waals surface area contributed by atoms with Gasteiger partial charge in [-0.05, 0) is 38.1 Å². The average molecular weight is 258 g/mol. The van der Waals surface area contributed by atoms with E-state index in [4.69, 9.17) is 0 Å². The SMILES string of the molecule is CCCCCC(C)NC(=O)CSCC1CNC1. The minimum atomic E-state index is 0.200. The Bertz CT molecular complexity index is 219. The van der Waals surface area contributed by atoms with Crippen LogP contribution in [0.2, 0.25) is 0 Å². The lowest BCUT2D eigenvalue weighted by Gasteiger charge is -2.26. The van der Waals surface area contributed by atoms with E-state index in [1.807, 2.05) is 0 Å². The lowest BCUT2D eigenvalue weighted by atomic mass is 10.1. The summed E-state index contributed by atoms with van der Waals surface area (Å²) in [4.78, 5) is 11.6. The van der Waals surface area contributed by atoms with Gasteiger partial charge in [-0.2, -0.15) is 11.8 Å². The van der Waals surface area contributed by atoms with Crippen molar-refractivity contribution in [2.45, 2.75) is 45.6 Å². The predicted octanol–water partition coefficient (Wildman–Crippen LogP) is 2.02. The second-order valence-electron chi connectivity index (χ2n) is 5.00. The smallest absolute Gasteiger partial charge is 0.230 e. The van der Waals surface area contributed by atoms with Crippen LogP contribution in [0, 0.1) is 5.92 Å². The van der Waals surface area contributed by atoms with Gasteiger partial charge in [0.25, 0.3) is 0 Å². The highest BCUT2D eigenvalue weighted by atomic mass is 32.2. The van der Waals surface area contributed by atoms with Gasteiger partial charge in [-0.25, -0.2) is 0 Å². The quantitative estimate of drug-likeness (QED) is 0.622. The van der Waals surface area contributed by atoms with Crippen LogP contribution in [0.25, 0.3) is 0 Å². The second-order valence-corrected chi connectivity index (χ2v) is 6.03. The summed E-state index contributed by atoms with van der Waals surface area (Å²) in [6, 6.07) is 0.333. The summed E-state index contributed by atoms with van der Waals surface area (Å²) in [6.07, 6.45) is 4.84. The molecular weight excluding hydrogens is 232 g/mol. The van der Waals surface area contributed by atoms with E-state index in [0.29, 0.717) is 11.8 Å². The highest BCUT2D eigenvalue weighted by molar-refractivity contribution is 7.99.